The standard InChI is InChI=1S/C12H13N3O2S/c1-2-17-12(16)10-4-3-5-14-11(10)15-7-9-6-13-8-18-9/h3-6,8H,2,7H2,1H3,(H,14,15). The van der Waals surface area contributed by atoms with Crippen molar-refractivity contribution in [1.82, 2.24) is 9.97 Å². The van der Waals surface area contributed by atoms with Crippen LogP contribution in [0.4, 0.5) is 5.82 Å². The highest BCUT2D eigenvalue weighted by Gasteiger charge is 2.12. The highest BCUT2D eigenvalue weighted by molar-refractivity contribution is 7.09. The van der Waals surface area contributed by atoms with Gasteiger partial charge in [-0.2, -0.15) is 0 Å². The number of nitrogens with zero attached hydrogens (tertiary/aromatic N) is 2. The monoisotopic (exact) mass is 263 g/mol. The third-order valence-corrected chi connectivity index (χ3v) is 3.00. The number of carbonyl (C=O) groups is 1. The first kappa shape index (κ1) is 12.5. The van der Waals surface area contributed by atoms with E-state index in [1.54, 1.807) is 48.3 Å². The number of esters is 1. The number of aromatic nitrogens is 2. The number of thiazole rings is 1. The van der Waals surface area contributed by atoms with E-state index in [1.165, 1.54) is 0 Å². The lowest BCUT2D eigenvalue weighted by atomic mass is 10.2. The molecule has 2 rings (SSSR count). The molecule has 0 aromatic carbocycles. The first-order valence-electron chi connectivity index (χ1n) is 5.54. The first-order chi connectivity index (χ1) is 8.81. The lowest BCUT2D eigenvalue weighted by Crippen LogP contribution is -2.10. The molecular weight excluding hydrogens is 250 g/mol. The van der Waals surface area contributed by atoms with E-state index >= 15 is 0 Å². The van der Waals surface area contributed by atoms with E-state index in [1.807, 2.05) is 0 Å². The molecule has 6 heteroatoms. The van der Waals surface area contributed by atoms with Crippen molar-refractivity contribution in [1.29, 1.82) is 0 Å². The van der Waals surface area contributed by atoms with Crippen molar-refractivity contribution in [3.05, 3.63) is 40.5 Å². The summed E-state index contributed by atoms with van der Waals surface area (Å²) in [5.74, 6) is 0.168. The molecule has 0 saturated carbocycles. The topological polar surface area (TPSA) is 64.1 Å². The van der Waals surface area contributed by atoms with Crippen molar-refractivity contribution in [2.24, 2.45) is 0 Å². The minimum atomic E-state index is -0.364. The summed E-state index contributed by atoms with van der Waals surface area (Å²) in [4.78, 5) is 20.9. The smallest absolute Gasteiger partial charge is 0.341 e. The van der Waals surface area contributed by atoms with Crippen LogP contribution in [0.25, 0.3) is 0 Å². The van der Waals surface area contributed by atoms with E-state index in [0.29, 0.717) is 24.5 Å². The van der Waals surface area contributed by atoms with Crippen LogP contribution in [0.15, 0.2) is 30.0 Å². The SMILES string of the molecule is CCOC(=O)c1cccnc1NCc1cncs1. The molecule has 0 aliphatic rings. The van der Waals surface area contributed by atoms with Crippen LogP contribution in [0.5, 0.6) is 0 Å². The van der Waals surface area contributed by atoms with Gasteiger partial charge in [0.1, 0.15) is 11.4 Å². The number of rotatable bonds is 5. The van der Waals surface area contributed by atoms with Gasteiger partial charge in [-0.15, -0.1) is 11.3 Å². The Bertz CT molecular complexity index is 514. The molecule has 0 spiro atoms. The summed E-state index contributed by atoms with van der Waals surface area (Å²) in [5, 5.41) is 3.11. The third kappa shape index (κ3) is 3.04. The van der Waals surface area contributed by atoms with Gasteiger partial charge in [-0.05, 0) is 19.1 Å². The molecule has 2 aromatic rings. The van der Waals surface area contributed by atoms with Crippen molar-refractivity contribution in [3.8, 4) is 0 Å². The fraction of sp³-hybridized carbons (Fsp3) is 0.250. The molecule has 1 N–H and O–H groups in total. The maximum Gasteiger partial charge on any atom is 0.341 e. The summed E-state index contributed by atoms with van der Waals surface area (Å²) in [5.41, 5.74) is 2.21. The third-order valence-electron chi connectivity index (χ3n) is 2.22. The van der Waals surface area contributed by atoms with Gasteiger partial charge in [-0.3, -0.25) is 4.98 Å². The molecule has 0 atom stereocenters. The maximum absolute atomic E-state index is 11.7. The Morgan fingerprint density at radius 2 is 2.44 bits per heavy atom. The normalized spacial score (nSPS) is 10.1. The van der Waals surface area contributed by atoms with Gasteiger partial charge >= 0.3 is 5.97 Å². The van der Waals surface area contributed by atoms with E-state index in [-0.39, 0.29) is 5.97 Å². The second-order valence-corrected chi connectivity index (χ2v) is 4.41. The van der Waals surface area contributed by atoms with Crippen molar-refractivity contribution in [3.63, 3.8) is 0 Å². The second-order valence-electron chi connectivity index (χ2n) is 3.44. The van der Waals surface area contributed by atoms with Gasteiger partial charge in [0.25, 0.3) is 0 Å². The highest BCUT2D eigenvalue weighted by Crippen LogP contribution is 2.15. The number of anilines is 1. The summed E-state index contributed by atoms with van der Waals surface area (Å²) >= 11 is 1.55. The van der Waals surface area contributed by atoms with Crippen molar-refractivity contribution >= 4 is 23.1 Å². The van der Waals surface area contributed by atoms with Crippen LogP contribution in [0.3, 0.4) is 0 Å². The molecule has 0 aliphatic heterocycles. The molecule has 2 aromatic heterocycles. The Hall–Kier alpha value is -1.95. The molecule has 2 heterocycles. The summed E-state index contributed by atoms with van der Waals surface area (Å²) in [6.45, 7) is 2.72. The van der Waals surface area contributed by atoms with E-state index in [0.717, 1.165) is 4.88 Å². The number of ether oxygens (including phenoxy) is 1. The van der Waals surface area contributed by atoms with Crippen molar-refractivity contribution in [2.45, 2.75) is 13.5 Å². The minimum Gasteiger partial charge on any atom is -0.462 e. The summed E-state index contributed by atoms with van der Waals surface area (Å²) in [6.07, 6.45) is 3.42. The maximum atomic E-state index is 11.7. The number of hydrogen-bond acceptors (Lipinski definition) is 6. The summed E-state index contributed by atoms with van der Waals surface area (Å²) < 4.78 is 4.98. The van der Waals surface area contributed by atoms with Crippen LogP contribution >= 0.6 is 11.3 Å². The fourth-order valence-electron chi connectivity index (χ4n) is 1.42. The number of nitrogens with one attached hydrogen (secondary N) is 1. The zero-order valence-corrected chi connectivity index (χ0v) is 10.7. The largest absolute Gasteiger partial charge is 0.462 e. The van der Waals surface area contributed by atoms with E-state index in [9.17, 15) is 4.79 Å². The molecule has 0 fully saturated rings. The molecule has 0 bridgehead atoms. The second kappa shape index (κ2) is 6.11. The number of hydrogen-bond donors (Lipinski definition) is 1. The van der Waals surface area contributed by atoms with Crippen LogP contribution in [0.1, 0.15) is 22.2 Å². The zero-order chi connectivity index (χ0) is 12.8. The molecule has 0 radical (unpaired) electrons. The van der Waals surface area contributed by atoms with Gasteiger partial charge in [0.15, 0.2) is 0 Å². The fourth-order valence-corrected chi connectivity index (χ4v) is 1.95. The molecule has 94 valence electrons. The molecule has 0 amide bonds. The van der Waals surface area contributed by atoms with Gasteiger partial charge < -0.3 is 10.1 Å². The highest BCUT2D eigenvalue weighted by atomic mass is 32.1. The zero-order valence-electron chi connectivity index (χ0n) is 9.92. The van der Waals surface area contributed by atoms with Crippen molar-refractivity contribution < 1.29 is 9.53 Å². The lowest BCUT2D eigenvalue weighted by molar-refractivity contribution is 0.0527. The Kier molecular flexibility index (Phi) is 4.25. The van der Waals surface area contributed by atoms with E-state index in [2.05, 4.69) is 15.3 Å². The minimum absolute atomic E-state index is 0.349. The Morgan fingerprint density at radius 1 is 1.56 bits per heavy atom. The summed E-state index contributed by atoms with van der Waals surface area (Å²) in [7, 11) is 0. The lowest BCUT2D eigenvalue weighted by Gasteiger charge is -2.08. The molecular formula is C12H13N3O2S. The van der Waals surface area contributed by atoms with Gasteiger partial charge in [0, 0.05) is 17.3 Å². The van der Waals surface area contributed by atoms with Gasteiger partial charge in [0.05, 0.1) is 18.7 Å². The van der Waals surface area contributed by atoms with Gasteiger partial charge in [-0.1, -0.05) is 0 Å². The van der Waals surface area contributed by atoms with E-state index in [4.69, 9.17) is 4.74 Å². The average molecular weight is 263 g/mol. The van der Waals surface area contributed by atoms with Gasteiger partial charge in [0.2, 0.25) is 0 Å². The van der Waals surface area contributed by atoms with Crippen molar-refractivity contribution in [2.75, 3.05) is 11.9 Å². The van der Waals surface area contributed by atoms with Crippen LogP contribution in [-0.4, -0.2) is 22.5 Å². The average Bonchev–Trinajstić information content (AvgIpc) is 2.90. The van der Waals surface area contributed by atoms with Crippen LogP contribution < -0.4 is 5.32 Å². The van der Waals surface area contributed by atoms with E-state index < -0.39 is 0 Å². The van der Waals surface area contributed by atoms with Gasteiger partial charge in [-0.25, -0.2) is 9.78 Å². The molecule has 0 aliphatic carbocycles. The first-order valence-corrected chi connectivity index (χ1v) is 6.42. The Labute approximate surface area is 109 Å². The molecule has 18 heavy (non-hydrogen) atoms. The van der Waals surface area contributed by atoms with Crippen LogP contribution in [-0.2, 0) is 11.3 Å². The Morgan fingerprint density at radius 3 is 3.17 bits per heavy atom. The molecule has 0 unspecified atom stereocenters. The quantitative estimate of drug-likeness (QED) is 0.839. The van der Waals surface area contributed by atoms with Crippen LogP contribution in [0, 0.1) is 0 Å². The summed E-state index contributed by atoms with van der Waals surface area (Å²) in [6, 6.07) is 3.41. The predicted octanol–water partition coefficient (Wildman–Crippen LogP) is 2.33. The molecule has 0 saturated heterocycles. The number of pyridine rings is 1. The van der Waals surface area contributed by atoms with Crippen LogP contribution in [0.2, 0.25) is 0 Å². The Balaban J connectivity index is 2.09. The predicted molar refractivity (Wildman–Crippen MR) is 69.6 cm³/mol. The number of carbonyl (C=O) groups excluding carboxylic acids is 1. The molecule has 5 nitrogen and oxygen atoms in total.